The zero-order chi connectivity index (χ0) is 21.1. The van der Waals surface area contributed by atoms with E-state index in [0.717, 1.165) is 31.6 Å². The lowest BCUT2D eigenvalue weighted by molar-refractivity contribution is 0.119. The van der Waals surface area contributed by atoms with Crippen molar-refractivity contribution in [1.29, 1.82) is 0 Å². The molecule has 0 aliphatic carbocycles. The molecule has 6 heteroatoms. The molecular weight excluding hydrogens is 380 g/mol. The molecule has 2 atom stereocenters. The van der Waals surface area contributed by atoms with E-state index in [1.54, 1.807) is 0 Å². The molecule has 0 aromatic heterocycles. The molecule has 0 saturated carbocycles. The molecule has 3 rings (SSSR count). The molecule has 2 aliphatic rings. The van der Waals surface area contributed by atoms with Crippen molar-refractivity contribution in [2.75, 3.05) is 26.2 Å². The highest BCUT2D eigenvalue weighted by Crippen LogP contribution is 2.39. The summed E-state index contributed by atoms with van der Waals surface area (Å²) < 4.78 is 12.4. The van der Waals surface area contributed by atoms with E-state index in [-0.39, 0.29) is 23.3 Å². The van der Waals surface area contributed by atoms with Crippen LogP contribution in [-0.4, -0.2) is 51.6 Å². The molecule has 1 aromatic rings. The maximum atomic E-state index is 12.8. The number of carbonyl (C=O) groups excluding carboxylic acids is 1. The maximum absolute atomic E-state index is 12.8. The summed E-state index contributed by atoms with van der Waals surface area (Å²) in [6.45, 7) is 14.7. The van der Waals surface area contributed by atoms with Crippen LogP contribution in [0.15, 0.2) is 30.3 Å². The van der Waals surface area contributed by atoms with Gasteiger partial charge < -0.3 is 14.5 Å². The maximum Gasteiger partial charge on any atom is 0.410 e. The van der Waals surface area contributed by atoms with Gasteiger partial charge >= 0.3 is 6.09 Å². The summed E-state index contributed by atoms with van der Waals surface area (Å²) in [7, 11) is -1.91. The van der Waals surface area contributed by atoms with Crippen LogP contribution in [-0.2, 0) is 9.16 Å². The van der Waals surface area contributed by atoms with E-state index in [1.807, 2.05) is 35.2 Å². The topological polar surface area (TPSA) is 50.8 Å². The van der Waals surface area contributed by atoms with Gasteiger partial charge in [0, 0.05) is 6.54 Å². The van der Waals surface area contributed by atoms with Crippen molar-refractivity contribution in [3.63, 3.8) is 0 Å². The van der Waals surface area contributed by atoms with Crippen LogP contribution in [0.1, 0.15) is 51.7 Å². The Balaban J connectivity index is 1.74. The van der Waals surface area contributed by atoms with E-state index >= 15 is 0 Å². The van der Waals surface area contributed by atoms with E-state index in [2.05, 4.69) is 39.2 Å². The van der Waals surface area contributed by atoms with Crippen LogP contribution in [0.25, 0.3) is 0 Å². The second kappa shape index (κ2) is 9.19. The van der Waals surface area contributed by atoms with E-state index in [1.165, 1.54) is 12.8 Å². The molecule has 2 fully saturated rings. The average Bonchev–Trinajstić information content (AvgIpc) is 3.01. The second-order valence-corrected chi connectivity index (χ2v) is 14.8. The third-order valence-corrected chi connectivity index (χ3v) is 11.5. The Kier molecular flexibility index (Phi) is 7.07. The summed E-state index contributed by atoms with van der Waals surface area (Å²) in [5.74, 6) is 0.682. The van der Waals surface area contributed by atoms with Crippen LogP contribution in [0.2, 0.25) is 18.1 Å². The zero-order valence-electron chi connectivity index (χ0n) is 18.7. The molecule has 1 unspecified atom stereocenters. The lowest BCUT2D eigenvalue weighted by Crippen LogP contribution is -2.46. The van der Waals surface area contributed by atoms with Crippen molar-refractivity contribution in [1.82, 2.24) is 10.2 Å². The molecule has 2 saturated heterocycles. The lowest BCUT2D eigenvalue weighted by atomic mass is 9.94. The van der Waals surface area contributed by atoms with Crippen LogP contribution in [0.4, 0.5) is 4.79 Å². The Labute approximate surface area is 177 Å². The van der Waals surface area contributed by atoms with Gasteiger partial charge in [0.2, 0.25) is 0 Å². The molecule has 0 bridgehead atoms. The minimum absolute atomic E-state index is 0.0688. The minimum atomic E-state index is -1.91. The summed E-state index contributed by atoms with van der Waals surface area (Å²) in [4.78, 5) is 14.7. The van der Waals surface area contributed by atoms with E-state index in [9.17, 15) is 4.79 Å². The monoisotopic (exact) mass is 418 g/mol. The van der Waals surface area contributed by atoms with Crippen molar-refractivity contribution >= 4 is 14.4 Å². The Morgan fingerprint density at radius 2 is 1.83 bits per heavy atom. The molecule has 0 spiro atoms. The summed E-state index contributed by atoms with van der Waals surface area (Å²) >= 11 is 0. The van der Waals surface area contributed by atoms with Crippen molar-refractivity contribution in [3.05, 3.63) is 35.9 Å². The average molecular weight is 419 g/mol. The highest BCUT2D eigenvalue weighted by molar-refractivity contribution is 6.74. The highest BCUT2D eigenvalue weighted by Gasteiger charge is 2.45. The fraction of sp³-hybridized carbons (Fsp3) is 0.696. The summed E-state index contributed by atoms with van der Waals surface area (Å²) in [6.07, 6.45) is 2.96. The van der Waals surface area contributed by atoms with Gasteiger partial charge in [-0.05, 0) is 62.0 Å². The number of benzene rings is 1. The van der Waals surface area contributed by atoms with Gasteiger partial charge in [-0.25, -0.2) is 4.79 Å². The molecular formula is C23H38N2O3Si. The van der Waals surface area contributed by atoms with E-state index in [4.69, 9.17) is 9.16 Å². The Morgan fingerprint density at radius 1 is 1.17 bits per heavy atom. The lowest BCUT2D eigenvalue weighted by Gasteiger charge is -2.38. The zero-order valence-corrected chi connectivity index (χ0v) is 19.7. The molecule has 162 valence electrons. The quantitative estimate of drug-likeness (QED) is 0.636. The van der Waals surface area contributed by atoms with Crippen molar-refractivity contribution in [2.45, 2.75) is 70.3 Å². The van der Waals surface area contributed by atoms with Crippen LogP contribution >= 0.6 is 0 Å². The molecule has 1 aromatic carbocycles. The first-order chi connectivity index (χ1) is 13.7. The fourth-order valence-electron chi connectivity index (χ4n) is 3.92. The summed E-state index contributed by atoms with van der Waals surface area (Å²) in [5.41, 5.74) is 1.05. The van der Waals surface area contributed by atoms with Gasteiger partial charge in [-0.2, -0.15) is 0 Å². The number of amides is 1. The van der Waals surface area contributed by atoms with Gasteiger partial charge in [-0.3, -0.25) is 4.90 Å². The summed E-state index contributed by atoms with van der Waals surface area (Å²) in [5, 5.41) is 3.56. The standard InChI is InChI=1S/C23H38N2O3Si/c1-23(2,3)29(4,5)27-17-20-21(19-9-7-6-8-10-19)28-22(26)25(20)16-13-18-11-14-24-15-12-18/h6-10,18,20-21,24H,11-17H2,1-5H3/t20-,21?/m1/s1. The van der Waals surface area contributed by atoms with Crippen molar-refractivity contribution in [2.24, 2.45) is 5.92 Å². The Hall–Kier alpha value is -1.37. The van der Waals surface area contributed by atoms with Gasteiger partial charge in [0.05, 0.1) is 12.6 Å². The van der Waals surface area contributed by atoms with Gasteiger partial charge in [-0.1, -0.05) is 51.1 Å². The van der Waals surface area contributed by atoms with Crippen molar-refractivity contribution in [3.8, 4) is 0 Å². The van der Waals surface area contributed by atoms with Crippen molar-refractivity contribution < 1.29 is 14.0 Å². The Bertz CT molecular complexity index is 668. The molecule has 5 nitrogen and oxygen atoms in total. The van der Waals surface area contributed by atoms with Gasteiger partial charge in [0.15, 0.2) is 14.4 Å². The number of piperidine rings is 1. The third-order valence-electron chi connectivity index (χ3n) is 7.00. The number of hydrogen-bond acceptors (Lipinski definition) is 4. The van der Waals surface area contributed by atoms with Crippen LogP contribution in [0.5, 0.6) is 0 Å². The number of hydrogen-bond donors (Lipinski definition) is 1. The normalized spacial score (nSPS) is 24.0. The predicted molar refractivity (Wildman–Crippen MR) is 120 cm³/mol. The largest absolute Gasteiger partial charge is 0.439 e. The number of carbonyl (C=O) groups is 1. The van der Waals surface area contributed by atoms with E-state index < -0.39 is 8.32 Å². The van der Waals surface area contributed by atoms with Crippen LogP contribution in [0.3, 0.4) is 0 Å². The van der Waals surface area contributed by atoms with Gasteiger partial charge in [0.1, 0.15) is 0 Å². The predicted octanol–water partition coefficient (Wildman–Crippen LogP) is 4.96. The molecule has 1 N–H and O–H groups in total. The number of rotatable bonds is 7. The van der Waals surface area contributed by atoms with E-state index in [0.29, 0.717) is 12.5 Å². The molecule has 2 heterocycles. The molecule has 2 aliphatic heterocycles. The van der Waals surface area contributed by atoms with Crippen LogP contribution < -0.4 is 5.32 Å². The van der Waals surface area contributed by atoms with Gasteiger partial charge in [-0.15, -0.1) is 0 Å². The molecule has 1 amide bonds. The second-order valence-electron chi connectivity index (χ2n) is 10.0. The smallest absolute Gasteiger partial charge is 0.410 e. The SMILES string of the molecule is CC(C)(C)[Si](C)(C)OC[C@@H]1C(c2ccccc2)OC(=O)N1CCC1CCNCC1. The fourth-order valence-corrected chi connectivity index (χ4v) is 4.94. The van der Waals surface area contributed by atoms with Crippen LogP contribution in [0, 0.1) is 5.92 Å². The third kappa shape index (κ3) is 5.41. The first-order valence-electron chi connectivity index (χ1n) is 11.1. The number of cyclic esters (lactones) is 1. The molecule has 29 heavy (non-hydrogen) atoms. The first kappa shape index (κ1) is 22.3. The molecule has 0 radical (unpaired) electrons. The Morgan fingerprint density at radius 3 is 2.45 bits per heavy atom. The summed E-state index contributed by atoms with van der Waals surface area (Å²) in [6, 6.07) is 10.0. The minimum Gasteiger partial charge on any atom is -0.439 e. The number of ether oxygens (including phenoxy) is 1. The first-order valence-corrected chi connectivity index (χ1v) is 14.0. The highest BCUT2D eigenvalue weighted by atomic mass is 28.4. The number of nitrogens with one attached hydrogen (secondary N) is 1. The van der Waals surface area contributed by atoms with Gasteiger partial charge in [0.25, 0.3) is 0 Å². The number of nitrogens with zero attached hydrogens (tertiary/aromatic N) is 1.